The largest absolute Gasteiger partial charge is 0.482 e. The predicted molar refractivity (Wildman–Crippen MR) is 92.5 cm³/mol. The van der Waals surface area contributed by atoms with Gasteiger partial charge in [-0.05, 0) is 24.5 Å². The van der Waals surface area contributed by atoms with E-state index in [1.807, 2.05) is 19.9 Å². The van der Waals surface area contributed by atoms with Crippen molar-refractivity contribution in [2.24, 2.45) is 11.8 Å². The first kappa shape index (κ1) is 18.8. The standard InChI is InChI=1S/C18H24N2O5/c1-12(2)9-13(18(23)24)10-19-16(21)7-8-20-14-5-3-4-6-15(14)25-11-17(20)22/h3-6,12-13H,7-11H2,1-2H3,(H,19,21)(H,23,24). The normalized spacial score (nSPS) is 14.7. The van der Waals surface area contributed by atoms with Crippen LogP contribution in [0.3, 0.4) is 0 Å². The van der Waals surface area contributed by atoms with Crippen LogP contribution >= 0.6 is 0 Å². The first-order chi connectivity index (χ1) is 11.9. The smallest absolute Gasteiger partial charge is 0.308 e. The Kier molecular flexibility index (Phi) is 6.38. The Morgan fingerprint density at radius 2 is 2.04 bits per heavy atom. The van der Waals surface area contributed by atoms with E-state index in [0.717, 1.165) is 0 Å². The van der Waals surface area contributed by atoms with Gasteiger partial charge in [0.2, 0.25) is 5.91 Å². The molecule has 1 aromatic carbocycles. The van der Waals surface area contributed by atoms with E-state index >= 15 is 0 Å². The summed E-state index contributed by atoms with van der Waals surface area (Å²) >= 11 is 0. The molecule has 1 aliphatic rings. The molecular formula is C18H24N2O5. The number of anilines is 1. The summed E-state index contributed by atoms with van der Waals surface area (Å²) < 4.78 is 5.36. The van der Waals surface area contributed by atoms with Gasteiger partial charge in [-0.15, -0.1) is 0 Å². The molecule has 1 aromatic rings. The van der Waals surface area contributed by atoms with Crippen molar-refractivity contribution in [1.29, 1.82) is 0 Å². The average molecular weight is 348 g/mol. The van der Waals surface area contributed by atoms with Gasteiger partial charge < -0.3 is 20.1 Å². The number of carbonyl (C=O) groups is 3. The van der Waals surface area contributed by atoms with Crippen molar-refractivity contribution < 1.29 is 24.2 Å². The molecule has 1 heterocycles. The molecule has 0 saturated heterocycles. The molecule has 2 rings (SSSR count). The lowest BCUT2D eigenvalue weighted by Crippen LogP contribution is -2.41. The summed E-state index contributed by atoms with van der Waals surface area (Å²) in [6.07, 6.45) is 0.610. The van der Waals surface area contributed by atoms with E-state index in [2.05, 4.69) is 5.32 Å². The van der Waals surface area contributed by atoms with E-state index < -0.39 is 11.9 Å². The number of aliphatic carboxylic acids is 1. The summed E-state index contributed by atoms with van der Waals surface area (Å²) in [4.78, 5) is 36.8. The van der Waals surface area contributed by atoms with Crippen molar-refractivity contribution in [2.45, 2.75) is 26.7 Å². The molecule has 136 valence electrons. The number of carboxylic acid groups (broad SMARTS) is 1. The van der Waals surface area contributed by atoms with Crippen LogP contribution < -0.4 is 15.0 Å². The van der Waals surface area contributed by atoms with Gasteiger partial charge in [-0.1, -0.05) is 26.0 Å². The monoisotopic (exact) mass is 348 g/mol. The van der Waals surface area contributed by atoms with Crippen LogP contribution in [0, 0.1) is 11.8 Å². The SMILES string of the molecule is CC(C)CC(CNC(=O)CCN1C(=O)COc2ccccc21)C(=O)O. The summed E-state index contributed by atoms with van der Waals surface area (Å²) in [5.74, 6) is -1.13. The number of para-hydroxylation sites is 2. The van der Waals surface area contributed by atoms with E-state index in [0.29, 0.717) is 17.9 Å². The maximum absolute atomic E-state index is 12.0. The van der Waals surface area contributed by atoms with Crippen LogP contribution in [0.25, 0.3) is 0 Å². The Labute approximate surface area is 147 Å². The summed E-state index contributed by atoms with van der Waals surface area (Å²) in [5, 5.41) is 11.9. The number of rotatable bonds is 8. The van der Waals surface area contributed by atoms with Gasteiger partial charge in [0.25, 0.3) is 5.91 Å². The molecule has 2 amide bonds. The maximum atomic E-state index is 12.0. The van der Waals surface area contributed by atoms with Crippen LogP contribution in [0.1, 0.15) is 26.7 Å². The minimum atomic E-state index is -0.911. The van der Waals surface area contributed by atoms with Crippen LogP contribution in [0.4, 0.5) is 5.69 Å². The van der Waals surface area contributed by atoms with Gasteiger partial charge in [0.15, 0.2) is 6.61 Å². The number of hydrogen-bond acceptors (Lipinski definition) is 4. The summed E-state index contributed by atoms with van der Waals surface area (Å²) in [7, 11) is 0. The molecule has 0 aliphatic carbocycles. The zero-order valence-corrected chi connectivity index (χ0v) is 14.5. The minimum absolute atomic E-state index is 0.0475. The Morgan fingerprint density at radius 1 is 1.32 bits per heavy atom. The van der Waals surface area contributed by atoms with Crippen LogP contribution in [0.5, 0.6) is 5.75 Å². The third kappa shape index (κ3) is 5.20. The number of benzene rings is 1. The van der Waals surface area contributed by atoms with Crippen LogP contribution in [0.2, 0.25) is 0 Å². The molecule has 1 atom stereocenters. The minimum Gasteiger partial charge on any atom is -0.482 e. The van der Waals surface area contributed by atoms with Crippen LogP contribution in [0.15, 0.2) is 24.3 Å². The molecule has 25 heavy (non-hydrogen) atoms. The number of amides is 2. The zero-order valence-electron chi connectivity index (χ0n) is 14.5. The fraction of sp³-hybridized carbons (Fsp3) is 0.500. The lowest BCUT2D eigenvalue weighted by atomic mass is 9.97. The Morgan fingerprint density at radius 3 is 2.72 bits per heavy atom. The number of fused-ring (bicyclic) bond motifs is 1. The molecule has 7 nitrogen and oxygen atoms in total. The lowest BCUT2D eigenvalue weighted by molar-refractivity contribution is -0.142. The highest BCUT2D eigenvalue weighted by atomic mass is 16.5. The molecule has 0 spiro atoms. The van der Waals surface area contributed by atoms with Gasteiger partial charge in [0, 0.05) is 19.5 Å². The highest BCUT2D eigenvalue weighted by Crippen LogP contribution is 2.31. The van der Waals surface area contributed by atoms with Crippen LogP contribution in [-0.4, -0.2) is 42.6 Å². The zero-order chi connectivity index (χ0) is 18.4. The fourth-order valence-corrected chi connectivity index (χ4v) is 2.78. The maximum Gasteiger partial charge on any atom is 0.308 e. The molecule has 0 fully saturated rings. The number of carboxylic acids is 1. The lowest BCUT2D eigenvalue weighted by Gasteiger charge is -2.29. The van der Waals surface area contributed by atoms with Crippen molar-refractivity contribution in [1.82, 2.24) is 5.32 Å². The molecule has 1 aliphatic heterocycles. The highest BCUT2D eigenvalue weighted by molar-refractivity contribution is 5.98. The highest BCUT2D eigenvalue weighted by Gasteiger charge is 2.25. The molecular weight excluding hydrogens is 324 g/mol. The Balaban J connectivity index is 1.87. The first-order valence-electron chi connectivity index (χ1n) is 8.40. The molecule has 0 saturated carbocycles. The number of nitrogens with zero attached hydrogens (tertiary/aromatic N) is 1. The van der Waals surface area contributed by atoms with E-state index in [1.165, 1.54) is 4.90 Å². The number of hydrogen-bond donors (Lipinski definition) is 2. The van der Waals surface area contributed by atoms with E-state index in [9.17, 15) is 19.5 Å². The van der Waals surface area contributed by atoms with Crippen LogP contribution in [-0.2, 0) is 14.4 Å². The molecule has 7 heteroatoms. The second-order valence-corrected chi connectivity index (χ2v) is 6.52. The summed E-state index contributed by atoms with van der Waals surface area (Å²) in [6.45, 7) is 4.17. The molecule has 0 bridgehead atoms. The van der Waals surface area contributed by atoms with Gasteiger partial charge in [-0.3, -0.25) is 14.4 Å². The van der Waals surface area contributed by atoms with Crippen molar-refractivity contribution >= 4 is 23.5 Å². The second kappa shape index (κ2) is 8.50. The van der Waals surface area contributed by atoms with Crippen molar-refractivity contribution in [3.05, 3.63) is 24.3 Å². The third-order valence-electron chi connectivity index (χ3n) is 4.02. The van der Waals surface area contributed by atoms with Crippen molar-refractivity contribution in [3.8, 4) is 5.75 Å². The average Bonchev–Trinajstić information content (AvgIpc) is 2.57. The predicted octanol–water partition coefficient (Wildman–Crippen LogP) is 1.67. The van der Waals surface area contributed by atoms with Gasteiger partial charge in [0.05, 0.1) is 11.6 Å². The summed E-state index contributed by atoms with van der Waals surface area (Å²) in [5.41, 5.74) is 0.648. The van der Waals surface area contributed by atoms with E-state index in [-0.39, 0.29) is 43.8 Å². The summed E-state index contributed by atoms with van der Waals surface area (Å²) in [6, 6.07) is 7.17. The number of carbonyl (C=O) groups excluding carboxylic acids is 2. The third-order valence-corrected chi connectivity index (χ3v) is 4.02. The Bertz CT molecular complexity index is 644. The number of ether oxygens (including phenoxy) is 1. The van der Waals surface area contributed by atoms with Gasteiger partial charge in [0.1, 0.15) is 5.75 Å². The molecule has 0 radical (unpaired) electrons. The first-order valence-corrected chi connectivity index (χ1v) is 8.40. The van der Waals surface area contributed by atoms with E-state index in [4.69, 9.17) is 4.74 Å². The Hall–Kier alpha value is -2.57. The molecule has 0 aromatic heterocycles. The van der Waals surface area contributed by atoms with Crippen molar-refractivity contribution in [2.75, 3.05) is 24.6 Å². The van der Waals surface area contributed by atoms with Gasteiger partial charge in [-0.25, -0.2) is 0 Å². The van der Waals surface area contributed by atoms with Gasteiger partial charge in [-0.2, -0.15) is 0 Å². The van der Waals surface area contributed by atoms with Gasteiger partial charge >= 0.3 is 5.97 Å². The topological polar surface area (TPSA) is 95.9 Å². The molecule has 2 N–H and O–H groups in total. The fourth-order valence-electron chi connectivity index (χ4n) is 2.78. The number of nitrogens with one attached hydrogen (secondary N) is 1. The van der Waals surface area contributed by atoms with E-state index in [1.54, 1.807) is 18.2 Å². The quantitative estimate of drug-likeness (QED) is 0.745. The molecule has 1 unspecified atom stereocenters. The second-order valence-electron chi connectivity index (χ2n) is 6.52. The van der Waals surface area contributed by atoms with Crippen molar-refractivity contribution in [3.63, 3.8) is 0 Å².